The number of hydrogen-bond acceptors (Lipinski definition) is 5. The molecule has 4 aromatic rings. The molecule has 2 heterocycles. The summed E-state index contributed by atoms with van der Waals surface area (Å²) in [6.07, 6.45) is 5.17. The van der Waals surface area contributed by atoms with Crippen LogP contribution >= 0.6 is 11.3 Å². The topological polar surface area (TPSA) is 52.8 Å². The lowest BCUT2D eigenvalue weighted by atomic mass is 9.83. The van der Waals surface area contributed by atoms with Crippen molar-refractivity contribution in [1.29, 1.82) is 0 Å². The number of rotatable bonds is 6. The number of methoxy groups -OCH3 is 1. The zero-order valence-corrected chi connectivity index (χ0v) is 21.6. The highest BCUT2D eigenvalue weighted by Gasteiger charge is 2.32. The molecule has 0 radical (unpaired) electrons. The Balaban J connectivity index is 1.53. The standard InChI is InChI=1S/C31H25FN2O3S/c1-3-16-37-25-15-8-19(17-26(25)36-2)18-27-30(35)34-29(21-9-12-22(32)13-10-21)24-14-11-20-6-4-5-7-23(20)28(24)33-31(34)38-27/h3-10,12-13,15,17-18,29H,1,11,14,16H2,2H3. The number of ether oxygens (including phenoxy) is 2. The summed E-state index contributed by atoms with van der Waals surface area (Å²) < 4.78 is 27.3. The fourth-order valence-corrected chi connectivity index (χ4v) is 6.16. The van der Waals surface area contributed by atoms with Gasteiger partial charge in [0.1, 0.15) is 12.4 Å². The van der Waals surface area contributed by atoms with Gasteiger partial charge in [0.05, 0.1) is 23.4 Å². The lowest BCUT2D eigenvalue weighted by molar-refractivity contribution is 0.326. The van der Waals surface area contributed by atoms with E-state index >= 15 is 0 Å². The maximum Gasteiger partial charge on any atom is 0.271 e. The average molecular weight is 525 g/mol. The highest BCUT2D eigenvalue weighted by Crippen LogP contribution is 2.41. The number of hydrogen-bond donors (Lipinski definition) is 0. The molecule has 7 heteroatoms. The number of thiazole rings is 1. The van der Waals surface area contributed by atoms with Crippen LogP contribution in [0.5, 0.6) is 11.5 Å². The van der Waals surface area contributed by atoms with Gasteiger partial charge in [0.15, 0.2) is 16.3 Å². The normalized spacial score (nSPS) is 16.3. The van der Waals surface area contributed by atoms with Gasteiger partial charge in [0.25, 0.3) is 5.56 Å². The van der Waals surface area contributed by atoms with Crippen molar-refractivity contribution < 1.29 is 13.9 Å². The van der Waals surface area contributed by atoms with E-state index in [1.54, 1.807) is 29.9 Å². The summed E-state index contributed by atoms with van der Waals surface area (Å²) in [7, 11) is 1.58. The van der Waals surface area contributed by atoms with Crippen LogP contribution in [0, 0.1) is 5.82 Å². The fraction of sp³-hybridized carbons (Fsp3) is 0.161. The van der Waals surface area contributed by atoms with Gasteiger partial charge in [-0.2, -0.15) is 0 Å². The first kappa shape index (κ1) is 24.1. The largest absolute Gasteiger partial charge is 0.493 e. The van der Waals surface area contributed by atoms with Crippen molar-refractivity contribution in [3.05, 3.63) is 133 Å². The first-order chi connectivity index (χ1) is 18.6. The van der Waals surface area contributed by atoms with Crippen molar-refractivity contribution in [1.82, 2.24) is 4.57 Å². The van der Waals surface area contributed by atoms with Gasteiger partial charge in [-0.1, -0.05) is 66.5 Å². The molecule has 38 heavy (non-hydrogen) atoms. The van der Waals surface area contributed by atoms with E-state index in [0.717, 1.165) is 40.8 Å². The second-order valence-corrected chi connectivity index (χ2v) is 10.2. The Morgan fingerprint density at radius 1 is 1.11 bits per heavy atom. The fourth-order valence-electron chi connectivity index (χ4n) is 5.16. The molecule has 6 rings (SSSR count). The molecule has 1 aromatic heterocycles. The first-order valence-electron chi connectivity index (χ1n) is 12.4. The molecule has 0 N–H and O–H groups in total. The van der Waals surface area contributed by atoms with E-state index < -0.39 is 0 Å². The number of allylic oxidation sites excluding steroid dienone is 1. The maximum atomic E-state index is 13.9. The van der Waals surface area contributed by atoms with Crippen LogP contribution < -0.4 is 24.4 Å². The minimum absolute atomic E-state index is 0.126. The Morgan fingerprint density at radius 2 is 1.92 bits per heavy atom. The molecule has 1 aliphatic carbocycles. The Morgan fingerprint density at radius 3 is 2.71 bits per heavy atom. The summed E-state index contributed by atoms with van der Waals surface area (Å²) in [5, 5.41) is 0. The quantitative estimate of drug-likeness (QED) is 0.333. The van der Waals surface area contributed by atoms with Crippen LogP contribution in [-0.4, -0.2) is 18.3 Å². The number of aryl methyl sites for hydroxylation is 1. The lowest BCUT2D eigenvalue weighted by Gasteiger charge is -2.30. The smallest absolute Gasteiger partial charge is 0.271 e. The van der Waals surface area contributed by atoms with Crippen molar-refractivity contribution in [2.45, 2.75) is 18.9 Å². The predicted octanol–water partition coefficient (Wildman–Crippen LogP) is 5.03. The SMILES string of the molecule is C=CCOc1ccc(C=c2sc3n(c2=O)C(c2ccc(F)cc2)C2=C(N=3)c3ccccc3CC2)cc1OC. The van der Waals surface area contributed by atoms with Crippen LogP contribution in [0.1, 0.15) is 34.7 Å². The van der Waals surface area contributed by atoms with Crippen LogP contribution in [0.4, 0.5) is 4.39 Å². The summed E-state index contributed by atoms with van der Waals surface area (Å²) in [5.41, 5.74) is 5.89. The zero-order valence-electron chi connectivity index (χ0n) is 20.8. The highest BCUT2D eigenvalue weighted by molar-refractivity contribution is 7.07. The maximum absolute atomic E-state index is 13.9. The molecule has 190 valence electrons. The van der Waals surface area contributed by atoms with Crippen LogP contribution in [-0.2, 0) is 6.42 Å². The van der Waals surface area contributed by atoms with E-state index in [-0.39, 0.29) is 17.4 Å². The van der Waals surface area contributed by atoms with Crippen molar-refractivity contribution >= 4 is 23.1 Å². The van der Waals surface area contributed by atoms with E-state index in [2.05, 4.69) is 18.7 Å². The number of nitrogens with zero attached hydrogens (tertiary/aromatic N) is 2. The van der Waals surface area contributed by atoms with Crippen molar-refractivity contribution in [3.63, 3.8) is 0 Å². The van der Waals surface area contributed by atoms with Gasteiger partial charge >= 0.3 is 0 Å². The van der Waals surface area contributed by atoms with E-state index in [4.69, 9.17) is 14.5 Å². The molecule has 1 unspecified atom stereocenters. The number of fused-ring (bicyclic) bond motifs is 3. The molecule has 5 nitrogen and oxygen atoms in total. The van der Waals surface area contributed by atoms with Crippen LogP contribution in [0.2, 0.25) is 0 Å². The first-order valence-corrected chi connectivity index (χ1v) is 13.2. The van der Waals surface area contributed by atoms with Gasteiger partial charge in [-0.05, 0) is 65.4 Å². The second-order valence-electron chi connectivity index (χ2n) is 9.18. The average Bonchev–Trinajstić information content (AvgIpc) is 3.25. The van der Waals surface area contributed by atoms with E-state index in [1.165, 1.54) is 29.0 Å². The number of halogens is 1. The molecular formula is C31H25FN2O3S. The molecule has 0 fully saturated rings. The molecule has 2 aliphatic rings. The monoisotopic (exact) mass is 524 g/mol. The third-order valence-corrected chi connectivity index (χ3v) is 7.88. The van der Waals surface area contributed by atoms with Crippen LogP contribution in [0.15, 0.2) is 94.7 Å². The van der Waals surface area contributed by atoms with Gasteiger partial charge in [-0.3, -0.25) is 9.36 Å². The van der Waals surface area contributed by atoms with Crippen LogP contribution in [0.3, 0.4) is 0 Å². The zero-order chi connectivity index (χ0) is 26.2. The van der Waals surface area contributed by atoms with Crippen molar-refractivity contribution in [2.75, 3.05) is 13.7 Å². The number of benzene rings is 3. The van der Waals surface area contributed by atoms with Gasteiger partial charge in [0, 0.05) is 5.56 Å². The van der Waals surface area contributed by atoms with E-state index in [1.807, 2.05) is 36.4 Å². The van der Waals surface area contributed by atoms with Crippen molar-refractivity contribution in [2.24, 2.45) is 4.99 Å². The summed E-state index contributed by atoms with van der Waals surface area (Å²) in [5.74, 6) is 0.872. The minimum atomic E-state index is -0.346. The van der Waals surface area contributed by atoms with Crippen molar-refractivity contribution in [3.8, 4) is 11.5 Å². The molecular weight excluding hydrogens is 499 g/mol. The summed E-state index contributed by atoms with van der Waals surface area (Å²) in [4.78, 5) is 19.5. The Bertz CT molecular complexity index is 1770. The van der Waals surface area contributed by atoms with Gasteiger partial charge in [-0.15, -0.1) is 0 Å². The summed E-state index contributed by atoms with van der Waals surface area (Å²) in [6.45, 7) is 4.05. The molecule has 0 amide bonds. The van der Waals surface area contributed by atoms with Gasteiger partial charge < -0.3 is 9.47 Å². The molecule has 0 spiro atoms. The summed E-state index contributed by atoms with van der Waals surface area (Å²) >= 11 is 1.35. The highest BCUT2D eigenvalue weighted by atomic mass is 32.1. The van der Waals surface area contributed by atoms with Crippen LogP contribution in [0.25, 0.3) is 11.8 Å². The Kier molecular flexibility index (Phi) is 6.29. The van der Waals surface area contributed by atoms with Gasteiger partial charge in [-0.25, -0.2) is 9.38 Å². The minimum Gasteiger partial charge on any atom is -0.493 e. The number of aromatic nitrogens is 1. The predicted molar refractivity (Wildman–Crippen MR) is 148 cm³/mol. The third kappa shape index (κ3) is 4.19. The Hall–Kier alpha value is -4.23. The molecule has 1 atom stereocenters. The molecule has 1 aliphatic heterocycles. The molecule has 0 saturated heterocycles. The molecule has 0 bridgehead atoms. The second kappa shape index (κ2) is 9.91. The summed E-state index contributed by atoms with van der Waals surface area (Å²) in [6, 6.07) is 19.9. The molecule has 0 saturated carbocycles. The third-order valence-electron chi connectivity index (χ3n) is 6.90. The van der Waals surface area contributed by atoms with Gasteiger partial charge in [0.2, 0.25) is 0 Å². The van der Waals surface area contributed by atoms with E-state index in [0.29, 0.717) is 27.4 Å². The lowest BCUT2D eigenvalue weighted by Crippen LogP contribution is -2.38. The Labute approximate surface area is 223 Å². The van der Waals surface area contributed by atoms with E-state index in [9.17, 15) is 9.18 Å². The molecule has 3 aromatic carbocycles.